The van der Waals surface area contributed by atoms with Gasteiger partial charge in [-0.15, -0.1) is 0 Å². The van der Waals surface area contributed by atoms with Crippen molar-refractivity contribution >= 4 is 40.3 Å². The zero-order chi connectivity index (χ0) is 10.1. The van der Waals surface area contributed by atoms with E-state index in [-0.39, 0.29) is 5.91 Å². The Hall–Kier alpha value is -1.27. The smallest absolute Gasteiger partial charge is 0.263 e. The fraction of sp³-hybridized carbons (Fsp3) is 0. The molecule has 1 aliphatic rings. The Bertz CT molecular complexity index is 436. The average Bonchev–Trinajstić information content (AvgIpc) is 2.62. The molecule has 0 spiro atoms. The first-order valence-electron chi connectivity index (χ1n) is 3.78. The molecular formula is C8H6N2O2S2. The molecule has 1 aromatic rings. The third-order valence-electron chi connectivity index (χ3n) is 1.68. The lowest BCUT2D eigenvalue weighted by Crippen LogP contribution is -2.17. The second-order valence-corrected chi connectivity index (χ2v) is 4.35. The number of carbonyl (C=O) groups is 1. The van der Waals surface area contributed by atoms with Crippen molar-refractivity contribution in [2.75, 3.05) is 0 Å². The number of nitrogens with one attached hydrogen (secondary N) is 1. The molecule has 14 heavy (non-hydrogen) atoms. The number of hydrogen-bond donors (Lipinski definition) is 2. The van der Waals surface area contributed by atoms with Gasteiger partial charge in [0.25, 0.3) is 5.91 Å². The van der Waals surface area contributed by atoms with Gasteiger partial charge < -0.3 is 10.5 Å². The molecule has 72 valence electrons. The zero-order valence-electron chi connectivity index (χ0n) is 6.93. The molecule has 2 heterocycles. The number of amides is 1. The molecule has 0 aliphatic carbocycles. The largest absolute Gasteiger partial charge is 0.428 e. The molecule has 0 radical (unpaired) electrons. The van der Waals surface area contributed by atoms with Crippen molar-refractivity contribution in [3.63, 3.8) is 0 Å². The van der Waals surface area contributed by atoms with Crippen molar-refractivity contribution in [1.82, 2.24) is 10.0 Å². The van der Waals surface area contributed by atoms with Gasteiger partial charge in [-0.25, -0.2) is 0 Å². The van der Waals surface area contributed by atoms with Crippen LogP contribution in [0.2, 0.25) is 0 Å². The number of rotatable bonds is 1. The topological polar surface area (TPSA) is 54.3 Å². The summed E-state index contributed by atoms with van der Waals surface area (Å²) in [5.41, 5.74) is 0.548. The van der Waals surface area contributed by atoms with E-state index in [1.165, 1.54) is 18.0 Å². The number of nitrogens with zero attached hydrogens (tertiary/aromatic N) is 1. The van der Waals surface area contributed by atoms with Crippen LogP contribution in [0.25, 0.3) is 6.08 Å². The zero-order valence-corrected chi connectivity index (χ0v) is 8.56. The van der Waals surface area contributed by atoms with Gasteiger partial charge >= 0.3 is 0 Å². The summed E-state index contributed by atoms with van der Waals surface area (Å²) in [5.74, 6) is -0.221. The summed E-state index contributed by atoms with van der Waals surface area (Å²) in [6.07, 6.45) is 3.07. The van der Waals surface area contributed by atoms with Crippen LogP contribution in [0.1, 0.15) is 5.69 Å². The first kappa shape index (κ1) is 9.29. The fourth-order valence-corrected chi connectivity index (χ4v) is 2.08. The Morgan fingerprint density at radius 3 is 2.93 bits per heavy atom. The summed E-state index contributed by atoms with van der Waals surface area (Å²) in [6, 6.07) is 3.38. The molecule has 6 heteroatoms. The number of thioether (sulfide) groups is 1. The van der Waals surface area contributed by atoms with Gasteiger partial charge in [-0.2, -0.15) is 4.73 Å². The highest BCUT2D eigenvalue weighted by Gasteiger charge is 2.22. The van der Waals surface area contributed by atoms with Gasteiger partial charge in [-0.3, -0.25) is 4.79 Å². The van der Waals surface area contributed by atoms with Crippen molar-refractivity contribution in [3.8, 4) is 0 Å². The van der Waals surface area contributed by atoms with Crippen LogP contribution in [0, 0.1) is 0 Å². The van der Waals surface area contributed by atoms with Crippen LogP contribution in [-0.4, -0.2) is 20.2 Å². The lowest BCUT2D eigenvalue weighted by atomic mass is 10.3. The highest BCUT2D eigenvalue weighted by Crippen LogP contribution is 2.25. The number of hydrogen-bond acceptors (Lipinski definition) is 4. The maximum Gasteiger partial charge on any atom is 0.263 e. The molecule has 1 fully saturated rings. The lowest BCUT2D eigenvalue weighted by molar-refractivity contribution is -0.115. The van der Waals surface area contributed by atoms with E-state index in [1.54, 1.807) is 18.2 Å². The van der Waals surface area contributed by atoms with Crippen LogP contribution in [0.5, 0.6) is 0 Å². The molecule has 0 saturated carbocycles. The third kappa shape index (κ3) is 1.66. The van der Waals surface area contributed by atoms with Crippen LogP contribution in [-0.2, 0) is 4.79 Å². The second-order valence-electron chi connectivity index (χ2n) is 2.63. The average molecular weight is 226 g/mol. The molecular weight excluding hydrogens is 220 g/mol. The van der Waals surface area contributed by atoms with E-state index in [1.807, 2.05) is 0 Å². The molecule has 1 aliphatic heterocycles. The SMILES string of the molecule is O=C1NC(=S)S/C1=C\c1cccn1O. The maximum absolute atomic E-state index is 11.2. The molecule has 1 amide bonds. The minimum absolute atomic E-state index is 0.221. The lowest BCUT2D eigenvalue weighted by Gasteiger charge is -1.95. The summed E-state index contributed by atoms with van der Waals surface area (Å²) in [5, 5.41) is 11.8. The fourth-order valence-electron chi connectivity index (χ4n) is 1.06. The highest BCUT2D eigenvalue weighted by atomic mass is 32.2. The Kier molecular flexibility index (Phi) is 2.30. The Balaban J connectivity index is 2.32. The first-order valence-corrected chi connectivity index (χ1v) is 5.01. The van der Waals surface area contributed by atoms with Gasteiger partial charge in [-0.05, 0) is 18.2 Å². The molecule has 0 aromatic carbocycles. The van der Waals surface area contributed by atoms with E-state index in [2.05, 4.69) is 5.32 Å². The monoisotopic (exact) mass is 226 g/mol. The van der Waals surface area contributed by atoms with Gasteiger partial charge in [0.2, 0.25) is 0 Å². The van der Waals surface area contributed by atoms with Gasteiger partial charge in [-0.1, -0.05) is 24.0 Å². The van der Waals surface area contributed by atoms with Gasteiger partial charge in [0.15, 0.2) is 0 Å². The molecule has 4 nitrogen and oxygen atoms in total. The van der Waals surface area contributed by atoms with E-state index >= 15 is 0 Å². The summed E-state index contributed by atoms with van der Waals surface area (Å²) < 4.78 is 1.39. The summed E-state index contributed by atoms with van der Waals surface area (Å²) >= 11 is 6.01. The number of carbonyl (C=O) groups excluding carboxylic acids is 1. The normalized spacial score (nSPS) is 19.0. The van der Waals surface area contributed by atoms with E-state index in [9.17, 15) is 10.0 Å². The standard InChI is InChI=1S/C8H6N2O2S2/c11-7-6(14-8(13)9-7)4-5-2-1-3-10(5)12/h1-4,12H,(H,9,11,13)/b6-4-. The van der Waals surface area contributed by atoms with Crippen LogP contribution < -0.4 is 5.32 Å². The van der Waals surface area contributed by atoms with Crippen LogP contribution >= 0.6 is 24.0 Å². The molecule has 1 aromatic heterocycles. The van der Waals surface area contributed by atoms with Crippen LogP contribution in [0.3, 0.4) is 0 Å². The molecule has 0 bridgehead atoms. The van der Waals surface area contributed by atoms with Gasteiger partial charge in [0.1, 0.15) is 4.32 Å². The molecule has 2 rings (SSSR count). The minimum Gasteiger partial charge on any atom is -0.428 e. The Morgan fingerprint density at radius 1 is 1.64 bits per heavy atom. The minimum atomic E-state index is -0.221. The Morgan fingerprint density at radius 2 is 2.43 bits per heavy atom. The van der Waals surface area contributed by atoms with Crippen molar-refractivity contribution in [1.29, 1.82) is 0 Å². The van der Waals surface area contributed by atoms with Crippen LogP contribution in [0.4, 0.5) is 0 Å². The van der Waals surface area contributed by atoms with Gasteiger partial charge in [0.05, 0.1) is 10.6 Å². The summed E-state index contributed by atoms with van der Waals surface area (Å²) in [7, 11) is 0. The summed E-state index contributed by atoms with van der Waals surface area (Å²) in [4.78, 5) is 11.7. The predicted molar refractivity (Wildman–Crippen MR) is 57.9 cm³/mol. The highest BCUT2D eigenvalue weighted by molar-refractivity contribution is 8.26. The number of thiocarbonyl (C=S) groups is 1. The van der Waals surface area contributed by atoms with Crippen molar-refractivity contribution < 1.29 is 10.0 Å². The first-order chi connectivity index (χ1) is 6.66. The molecule has 1 saturated heterocycles. The molecule has 0 atom stereocenters. The van der Waals surface area contributed by atoms with E-state index in [0.29, 0.717) is 14.9 Å². The number of aromatic nitrogens is 1. The van der Waals surface area contributed by atoms with E-state index < -0.39 is 0 Å². The molecule has 2 N–H and O–H groups in total. The van der Waals surface area contributed by atoms with Crippen molar-refractivity contribution in [2.24, 2.45) is 0 Å². The summed E-state index contributed by atoms with van der Waals surface area (Å²) in [6.45, 7) is 0. The predicted octanol–water partition coefficient (Wildman–Crippen LogP) is 1.21. The van der Waals surface area contributed by atoms with Crippen molar-refractivity contribution in [2.45, 2.75) is 0 Å². The van der Waals surface area contributed by atoms with E-state index in [4.69, 9.17) is 12.2 Å². The quantitative estimate of drug-likeness (QED) is 0.429. The van der Waals surface area contributed by atoms with Gasteiger partial charge in [0, 0.05) is 6.20 Å². The third-order valence-corrected chi connectivity index (χ3v) is 2.84. The van der Waals surface area contributed by atoms with Crippen molar-refractivity contribution in [3.05, 3.63) is 28.9 Å². The van der Waals surface area contributed by atoms with Crippen LogP contribution in [0.15, 0.2) is 23.2 Å². The molecule has 0 unspecified atom stereocenters. The second kappa shape index (κ2) is 3.47. The Labute approximate surface area is 89.6 Å². The van der Waals surface area contributed by atoms with E-state index in [0.717, 1.165) is 4.73 Å². The maximum atomic E-state index is 11.2.